The Bertz CT molecular complexity index is 615. The minimum Gasteiger partial charge on any atom is -0.359 e. The molecule has 0 atom stereocenters. The highest BCUT2D eigenvalue weighted by Gasteiger charge is 2.27. The molecule has 3 heteroatoms. The first-order valence-electron chi connectivity index (χ1n) is 5.34. The molecule has 1 saturated carbocycles. The molecule has 0 aliphatic heterocycles. The van der Waals surface area contributed by atoms with E-state index in [0.29, 0.717) is 17.0 Å². The first-order valence-corrected chi connectivity index (χ1v) is 5.34. The Morgan fingerprint density at radius 3 is 2.88 bits per heavy atom. The van der Waals surface area contributed by atoms with Gasteiger partial charge in [0.2, 0.25) is 0 Å². The van der Waals surface area contributed by atoms with Crippen molar-refractivity contribution in [2.24, 2.45) is 0 Å². The molecule has 3 rings (SSSR count). The van der Waals surface area contributed by atoms with E-state index >= 15 is 0 Å². The van der Waals surface area contributed by atoms with Gasteiger partial charge in [0, 0.05) is 17.1 Å². The lowest BCUT2D eigenvalue weighted by Crippen LogP contribution is -1.89. The molecule has 1 heterocycles. The molecule has 1 aromatic carbocycles. The van der Waals surface area contributed by atoms with Gasteiger partial charge in [-0.15, -0.1) is 0 Å². The maximum Gasteiger partial charge on any atom is 0.152 e. The van der Waals surface area contributed by atoms with E-state index in [1.807, 2.05) is 12.1 Å². The zero-order valence-electron chi connectivity index (χ0n) is 8.66. The average Bonchev–Trinajstić information content (AvgIpc) is 3.07. The number of H-pyrrole nitrogens is 1. The van der Waals surface area contributed by atoms with Crippen LogP contribution >= 0.6 is 0 Å². The number of nitrogens with zero attached hydrogens (tertiary/aromatic N) is 1. The number of aromatic nitrogens is 1. The van der Waals surface area contributed by atoms with Crippen LogP contribution < -0.4 is 0 Å². The minimum atomic E-state index is 0.544. The summed E-state index contributed by atoms with van der Waals surface area (Å²) in [4.78, 5) is 13.8. The Morgan fingerprint density at radius 2 is 2.25 bits per heavy atom. The summed E-state index contributed by atoms with van der Waals surface area (Å²) in [6, 6.07) is 6.17. The van der Waals surface area contributed by atoms with Gasteiger partial charge < -0.3 is 4.98 Å². The second kappa shape index (κ2) is 3.21. The van der Waals surface area contributed by atoms with Crippen molar-refractivity contribution in [3.8, 4) is 6.07 Å². The summed E-state index contributed by atoms with van der Waals surface area (Å²) in [6.45, 7) is 0. The lowest BCUT2D eigenvalue weighted by atomic mass is 10.0. The Morgan fingerprint density at radius 1 is 1.44 bits per heavy atom. The topological polar surface area (TPSA) is 56.6 Å². The zero-order chi connectivity index (χ0) is 11.1. The Hall–Kier alpha value is -2.08. The van der Waals surface area contributed by atoms with Crippen molar-refractivity contribution in [2.45, 2.75) is 18.8 Å². The van der Waals surface area contributed by atoms with Crippen molar-refractivity contribution < 1.29 is 4.79 Å². The molecule has 78 valence electrons. The van der Waals surface area contributed by atoms with Crippen molar-refractivity contribution >= 4 is 17.2 Å². The third kappa shape index (κ3) is 1.17. The average molecular weight is 210 g/mol. The molecule has 1 aromatic heterocycles. The third-order valence-corrected chi connectivity index (χ3v) is 3.18. The van der Waals surface area contributed by atoms with Crippen LogP contribution in [0.5, 0.6) is 0 Å². The Kier molecular flexibility index (Phi) is 1.84. The molecule has 3 nitrogen and oxygen atoms in total. The number of fused-ring (bicyclic) bond motifs is 1. The predicted octanol–water partition coefficient (Wildman–Crippen LogP) is 2.73. The van der Waals surface area contributed by atoms with Crippen molar-refractivity contribution in [2.75, 3.05) is 0 Å². The number of aromatic amines is 1. The number of benzene rings is 1. The van der Waals surface area contributed by atoms with Crippen LogP contribution in [-0.4, -0.2) is 11.3 Å². The standard InChI is InChI=1S/C13H10N2O/c14-5-12-10(8-1-2-8)3-4-11-9(7-16)6-15-13(11)12/h3-4,6-8,15H,1-2H2. The van der Waals surface area contributed by atoms with Crippen LogP contribution in [0.3, 0.4) is 0 Å². The fraction of sp³-hybridized carbons (Fsp3) is 0.231. The number of carbonyl (C=O) groups is 1. The fourth-order valence-electron chi connectivity index (χ4n) is 2.19. The normalized spacial score (nSPS) is 14.9. The van der Waals surface area contributed by atoms with E-state index in [2.05, 4.69) is 11.1 Å². The SMILES string of the molecule is N#Cc1c(C2CC2)ccc2c(C=O)c[nH]c12. The number of hydrogen-bond acceptors (Lipinski definition) is 2. The summed E-state index contributed by atoms with van der Waals surface area (Å²) < 4.78 is 0. The van der Waals surface area contributed by atoms with E-state index in [-0.39, 0.29) is 0 Å². The second-order valence-corrected chi connectivity index (χ2v) is 4.20. The van der Waals surface area contributed by atoms with E-state index in [1.165, 1.54) is 12.8 Å². The van der Waals surface area contributed by atoms with Crippen LogP contribution in [0.1, 0.15) is 40.2 Å². The van der Waals surface area contributed by atoms with Gasteiger partial charge in [0.25, 0.3) is 0 Å². The zero-order valence-corrected chi connectivity index (χ0v) is 8.66. The number of hydrogen-bond donors (Lipinski definition) is 1. The highest BCUT2D eigenvalue weighted by molar-refractivity contribution is 5.99. The van der Waals surface area contributed by atoms with Gasteiger partial charge in [-0.3, -0.25) is 4.79 Å². The number of rotatable bonds is 2. The van der Waals surface area contributed by atoms with Crippen molar-refractivity contribution in [3.63, 3.8) is 0 Å². The molecule has 0 unspecified atom stereocenters. The Labute approximate surface area is 92.7 Å². The summed E-state index contributed by atoms with van der Waals surface area (Å²) >= 11 is 0. The van der Waals surface area contributed by atoms with Gasteiger partial charge in [-0.2, -0.15) is 5.26 Å². The molecular formula is C13H10N2O. The van der Waals surface area contributed by atoms with Gasteiger partial charge >= 0.3 is 0 Å². The van der Waals surface area contributed by atoms with Crippen LogP contribution in [0.15, 0.2) is 18.3 Å². The molecule has 16 heavy (non-hydrogen) atoms. The summed E-state index contributed by atoms with van der Waals surface area (Å²) in [5, 5.41) is 10.1. The molecule has 1 fully saturated rings. The Balaban J connectivity index is 2.33. The molecule has 1 N–H and O–H groups in total. The van der Waals surface area contributed by atoms with Gasteiger partial charge in [0.1, 0.15) is 6.07 Å². The van der Waals surface area contributed by atoms with E-state index in [4.69, 9.17) is 0 Å². The smallest absolute Gasteiger partial charge is 0.152 e. The van der Waals surface area contributed by atoms with Crippen molar-refractivity contribution in [1.29, 1.82) is 5.26 Å². The minimum absolute atomic E-state index is 0.544. The van der Waals surface area contributed by atoms with Gasteiger partial charge in [0.05, 0.1) is 11.1 Å². The van der Waals surface area contributed by atoms with E-state index in [1.54, 1.807) is 6.20 Å². The van der Waals surface area contributed by atoms with Gasteiger partial charge in [-0.1, -0.05) is 12.1 Å². The van der Waals surface area contributed by atoms with Crippen LogP contribution in [0.25, 0.3) is 10.9 Å². The molecule has 0 spiro atoms. The summed E-state index contributed by atoms with van der Waals surface area (Å²) in [5.41, 5.74) is 3.24. The highest BCUT2D eigenvalue weighted by Crippen LogP contribution is 2.43. The van der Waals surface area contributed by atoms with Crippen LogP contribution in [0.2, 0.25) is 0 Å². The van der Waals surface area contributed by atoms with Gasteiger partial charge in [-0.05, 0) is 24.3 Å². The summed E-state index contributed by atoms with van der Waals surface area (Å²) in [6.07, 6.45) is 4.81. The highest BCUT2D eigenvalue weighted by atomic mass is 16.1. The van der Waals surface area contributed by atoms with Gasteiger partial charge in [0.15, 0.2) is 6.29 Å². The number of carbonyl (C=O) groups excluding carboxylic acids is 1. The first kappa shape index (κ1) is 9.17. The largest absolute Gasteiger partial charge is 0.359 e. The predicted molar refractivity (Wildman–Crippen MR) is 60.4 cm³/mol. The lowest BCUT2D eigenvalue weighted by Gasteiger charge is -2.02. The molecule has 0 bridgehead atoms. The molecule has 1 aliphatic rings. The molecule has 0 amide bonds. The maximum atomic E-state index is 10.8. The summed E-state index contributed by atoms with van der Waals surface area (Å²) in [7, 11) is 0. The molecule has 2 aromatic rings. The fourth-order valence-corrected chi connectivity index (χ4v) is 2.19. The van der Waals surface area contributed by atoms with Crippen LogP contribution in [0.4, 0.5) is 0 Å². The molecular weight excluding hydrogens is 200 g/mol. The van der Waals surface area contributed by atoms with E-state index in [9.17, 15) is 10.1 Å². The number of nitriles is 1. The third-order valence-electron chi connectivity index (χ3n) is 3.18. The molecule has 0 saturated heterocycles. The molecule has 0 radical (unpaired) electrons. The van der Waals surface area contributed by atoms with Crippen LogP contribution in [-0.2, 0) is 0 Å². The number of aldehydes is 1. The second-order valence-electron chi connectivity index (χ2n) is 4.20. The van der Waals surface area contributed by atoms with E-state index < -0.39 is 0 Å². The van der Waals surface area contributed by atoms with Crippen molar-refractivity contribution in [3.05, 3.63) is 35.0 Å². The monoisotopic (exact) mass is 210 g/mol. The van der Waals surface area contributed by atoms with Crippen LogP contribution in [0, 0.1) is 11.3 Å². The van der Waals surface area contributed by atoms with Gasteiger partial charge in [-0.25, -0.2) is 0 Å². The quantitative estimate of drug-likeness (QED) is 0.775. The van der Waals surface area contributed by atoms with Crippen molar-refractivity contribution in [1.82, 2.24) is 4.98 Å². The lowest BCUT2D eigenvalue weighted by molar-refractivity contribution is 0.112. The summed E-state index contributed by atoms with van der Waals surface area (Å²) in [5.74, 6) is 0.544. The number of nitrogens with one attached hydrogen (secondary N) is 1. The maximum absolute atomic E-state index is 10.8. The first-order chi connectivity index (χ1) is 7.85. The molecule has 1 aliphatic carbocycles. The van der Waals surface area contributed by atoms with E-state index in [0.717, 1.165) is 22.8 Å².